The zero-order valence-electron chi connectivity index (χ0n) is 14.6. The van der Waals surface area contributed by atoms with Gasteiger partial charge in [-0.05, 0) is 31.2 Å². The second-order valence-electron chi connectivity index (χ2n) is 6.37. The Hall–Kier alpha value is -2.93. The van der Waals surface area contributed by atoms with Crippen LogP contribution < -0.4 is 19.9 Å². The van der Waals surface area contributed by atoms with Crippen molar-refractivity contribution in [1.82, 2.24) is 15.0 Å². The fourth-order valence-electron chi connectivity index (χ4n) is 3.15. The number of hydrogen-bond donors (Lipinski definition) is 1. The van der Waals surface area contributed by atoms with E-state index in [0.717, 1.165) is 18.0 Å². The predicted molar refractivity (Wildman–Crippen MR) is 96.5 cm³/mol. The molecule has 1 aliphatic heterocycles. The van der Waals surface area contributed by atoms with Gasteiger partial charge in [-0.2, -0.15) is 4.68 Å². The third-order valence-electron chi connectivity index (χ3n) is 4.59. The number of nitrogens with one attached hydrogen (secondary N) is 1. The van der Waals surface area contributed by atoms with Crippen molar-refractivity contribution >= 4 is 10.9 Å². The van der Waals surface area contributed by atoms with Crippen LogP contribution in [0.4, 0.5) is 0 Å². The smallest absolute Gasteiger partial charge is 0.282 e. The highest BCUT2D eigenvalue weighted by atomic mass is 16.6. The summed E-state index contributed by atoms with van der Waals surface area (Å²) in [6.45, 7) is 4.56. The lowest BCUT2D eigenvalue weighted by atomic mass is 10.2. The Bertz CT molecular complexity index is 972. The summed E-state index contributed by atoms with van der Waals surface area (Å²) in [4.78, 5) is 13.8. The predicted octanol–water partition coefficient (Wildman–Crippen LogP) is 0.494. The fourth-order valence-corrected chi connectivity index (χ4v) is 3.15. The zero-order valence-corrected chi connectivity index (χ0v) is 14.6. The quantitative estimate of drug-likeness (QED) is 0.723. The molecule has 134 valence electrons. The molecule has 2 atom stereocenters. The van der Waals surface area contributed by atoms with Gasteiger partial charge in [-0.3, -0.25) is 4.79 Å². The number of quaternary nitrogens is 1. The summed E-state index contributed by atoms with van der Waals surface area (Å²) in [6.07, 6.45) is -0.0658. The van der Waals surface area contributed by atoms with Gasteiger partial charge in [0, 0.05) is 0 Å². The Kier molecular flexibility index (Phi) is 4.53. The molecule has 1 aromatic heterocycles. The first-order valence-corrected chi connectivity index (χ1v) is 8.79. The van der Waals surface area contributed by atoms with E-state index in [1.807, 2.05) is 36.4 Å². The average Bonchev–Trinajstić information content (AvgIpc) is 2.69. The van der Waals surface area contributed by atoms with Gasteiger partial charge in [-0.15, -0.1) is 5.10 Å². The average molecular weight is 353 g/mol. The molecule has 0 fully saturated rings. The van der Waals surface area contributed by atoms with Crippen LogP contribution in [0.2, 0.25) is 0 Å². The summed E-state index contributed by atoms with van der Waals surface area (Å²) in [5.74, 6) is 1.54. The van der Waals surface area contributed by atoms with E-state index in [9.17, 15) is 4.79 Å². The molecule has 0 amide bonds. The van der Waals surface area contributed by atoms with Gasteiger partial charge in [-0.25, -0.2) is 0 Å². The van der Waals surface area contributed by atoms with Gasteiger partial charge in [0.15, 0.2) is 24.3 Å². The van der Waals surface area contributed by atoms with Crippen LogP contribution in [0.25, 0.3) is 10.9 Å². The van der Waals surface area contributed by atoms with Gasteiger partial charge in [0.25, 0.3) is 5.56 Å². The fraction of sp³-hybridized carbons (Fsp3) is 0.316. The van der Waals surface area contributed by atoms with Crippen molar-refractivity contribution in [2.45, 2.75) is 19.7 Å². The van der Waals surface area contributed by atoms with E-state index in [0.29, 0.717) is 30.7 Å². The van der Waals surface area contributed by atoms with Gasteiger partial charge < -0.3 is 14.4 Å². The van der Waals surface area contributed by atoms with E-state index in [1.165, 1.54) is 9.58 Å². The maximum atomic E-state index is 12.6. The number of aromatic nitrogens is 3. The highest BCUT2D eigenvalue weighted by Crippen LogP contribution is 2.30. The Morgan fingerprint density at radius 3 is 2.77 bits per heavy atom. The van der Waals surface area contributed by atoms with Crippen molar-refractivity contribution in [2.24, 2.45) is 0 Å². The molecule has 2 heterocycles. The molecule has 1 unspecified atom stereocenters. The molecule has 0 saturated heterocycles. The van der Waals surface area contributed by atoms with Crippen LogP contribution in [0.1, 0.15) is 6.92 Å². The molecule has 0 radical (unpaired) electrons. The number of likely N-dealkylation sites (N-methyl/N-ethyl adjacent to an activating group) is 1. The molecule has 2 aromatic carbocycles. The van der Waals surface area contributed by atoms with Crippen LogP contribution in [0.3, 0.4) is 0 Å². The van der Waals surface area contributed by atoms with E-state index in [1.54, 1.807) is 12.1 Å². The summed E-state index contributed by atoms with van der Waals surface area (Å²) in [5.41, 5.74) is 0.500. The molecule has 0 bridgehead atoms. The Morgan fingerprint density at radius 2 is 1.92 bits per heavy atom. The molecular weight excluding hydrogens is 332 g/mol. The lowest BCUT2D eigenvalue weighted by Gasteiger charge is -2.28. The van der Waals surface area contributed by atoms with Gasteiger partial charge in [0.2, 0.25) is 0 Å². The largest absolute Gasteiger partial charge is 0.486 e. The monoisotopic (exact) mass is 353 g/mol. The van der Waals surface area contributed by atoms with E-state index in [4.69, 9.17) is 9.47 Å². The molecular formula is C19H21N4O3+. The first-order valence-electron chi connectivity index (χ1n) is 8.79. The maximum Gasteiger partial charge on any atom is 0.282 e. The molecule has 4 rings (SSSR count). The molecule has 1 N–H and O–H groups in total. The normalized spacial score (nSPS) is 17.2. The molecule has 3 aromatic rings. The van der Waals surface area contributed by atoms with E-state index < -0.39 is 0 Å². The Labute approximate surface area is 150 Å². The van der Waals surface area contributed by atoms with E-state index in [-0.39, 0.29) is 11.7 Å². The van der Waals surface area contributed by atoms with E-state index in [2.05, 4.69) is 17.2 Å². The van der Waals surface area contributed by atoms with Crippen LogP contribution >= 0.6 is 0 Å². The summed E-state index contributed by atoms with van der Waals surface area (Å²) >= 11 is 0. The molecule has 26 heavy (non-hydrogen) atoms. The van der Waals surface area contributed by atoms with Crippen molar-refractivity contribution in [2.75, 3.05) is 19.7 Å². The number of nitrogens with zero attached hydrogens (tertiary/aromatic N) is 3. The highest BCUT2D eigenvalue weighted by Gasteiger charge is 2.25. The first-order chi connectivity index (χ1) is 12.7. The van der Waals surface area contributed by atoms with Crippen molar-refractivity contribution in [3.63, 3.8) is 0 Å². The number of hydrogen-bond acceptors (Lipinski definition) is 5. The van der Waals surface area contributed by atoms with Crippen molar-refractivity contribution in [1.29, 1.82) is 0 Å². The van der Waals surface area contributed by atoms with Crippen molar-refractivity contribution < 1.29 is 14.4 Å². The molecule has 7 nitrogen and oxygen atoms in total. The van der Waals surface area contributed by atoms with E-state index >= 15 is 0 Å². The standard InChI is InChI=1S/C19H20N4O3/c1-2-22(11-14-12-25-17-9-5-6-10-18(17)26-14)13-23-19(24)15-7-3-4-8-16(15)20-21-23/h3-10,14H,2,11-13H2,1H3/p+1/t14-/m1/s1. The van der Waals surface area contributed by atoms with Gasteiger partial charge in [-0.1, -0.05) is 29.5 Å². The molecule has 0 saturated carbocycles. The number of para-hydroxylation sites is 2. The second kappa shape index (κ2) is 7.13. The van der Waals surface area contributed by atoms with Crippen LogP contribution in [0.5, 0.6) is 11.5 Å². The SMILES string of the molecule is CC[NH+](C[C@@H]1COc2ccccc2O1)Cn1nnc2ccccc2c1=O. The minimum absolute atomic E-state index is 0.0658. The lowest BCUT2D eigenvalue weighted by molar-refractivity contribution is -0.924. The van der Waals surface area contributed by atoms with Crippen molar-refractivity contribution in [3.05, 3.63) is 58.9 Å². The van der Waals surface area contributed by atoms with Crippen LogP contribution in [0.15, 0.2) is 53.3 Å². The van der Waals surface area contributed by atoms with Crippen LogP contribution in [-0.4, -0.2) is 40.8 Å². The summed E-state index contributed by atoms with van der Waals surface area (Å²) in [7, 11) is 0. The second-order valence-corrected chi connectivity index (χ2v) is 6.37. The Balaban J connectivity index is 1.49. The van der Waals surface area contributed by atoms with Crippen molar-refractivity contribution in [3.8, 4) is 11.5 Å². The number of benzene rings is 2. The topological polar surface area (TPSA) is 70.7 Å². The maximum absolute atomic E-state index is 12.6. The van der Waals surface area contributed by atoms with Gasteiger partial charge in [0.1, 0.15) is 18.7 Å². The third-order valence-corrected chi connectivity index (χ3v) is 4.59. The third kappa shape index (κ3) is 3.25. The van der Waals surface area contributed by atoms with Crippen LogP contribution in [-0.2, 0) is 6.67 Å². The summed E-state index contributed by atoms with van der Waals surface area (Å²) in [5, 5.41) is 8.82. The summed E-state index contributed by atoms with van der Waals surface area (Å²) in [6, 6.07) is 14.9. The molecule has 0 spiro atoms. The molecule has 0 aliphatic carbocycles. The first kappa shape index (κ1) is 16.5. The minimum atomic E-state index is -0.118. The molecule has 7 heteroatoms. The van der Waals surface area contributed by atoms with Gasteiger partial charge in [0.05, 0.1) is 11.9 Å². The lowest BCUT2D eigenvalue weighted by Crippen LogP contribution is -3.12. The summed E-state index contributed by atoms with van der Waals surface area (Å²) < 4.78 is 13.2. The minimum Gasteiger partial charge on any atom is -0.486 e. The van der Waals surface area contributed by atoms with Gasteiger partial charge >= 0.3 is 0 Å². The number of fused-ring (bicyclic) bond motifs is 2. The highest BCUT2D eigenvalue weighted by molar-refractivity contribution is 5.76. The number of ether oxygens (including phenoxy) is 2. The Morgan fingerprint density at radius 1 is 1.15 bits per heavy atom. The molecule has 1 aliphatic rings. The zero-order chi connectivity index (χ0) is 17.9. The van der Waals surface area contributed by atoms with Crippen LogP contribution in [0, 0.1) is 0 Å². The number of rotatable bonds is 5.